The zero-order valence-electron chi connectivity index (χ0n) is 14.7. The lowest BCUT2D eigenvalue weighted by Gasteiger charge is -2.08. The molecule has 0 unspecified atom stereocenters. The number of amides is 1. The smallest absolute Gasteiger partial charge is 0.224 e. The summed E-state index contributed by atoms with van der Waals surface area (Å²) in [6.45, 7) is 0.985. The molecule has 1 N–H and O–H groups in total. The van der Waals surface area contributed by atoms with E-state index in [0.29, 0.717) is 25.9 Å². The monoisotopic (exact) mass is 347 g/mol. The standard InChI is InChI=1S/C21H21N3O2/c1-3-14-24-19-7-5-4-6-18(19)23-20(24)12-13-22-21(25)15-16-8-10-17(26-2)11-9-16/h1,4-11H,12-15H2,2H3,(H,22,25). The molecule has 0 spiro atoms. The van der Waals surface area contributed by atoms with Crippen LogP contribution in [0.2, 0.25) is 0 Å². The zero-order chi connectivity index (χ0) is 18.4. The Bertz CT molecular complexity index is 936. The molecule has 2 aromatic carbocycles. The lowest BCUT2D eigenvalue weighted by Crippen LogP contribution is -2.27. The molecule has 3 rings (SSSR count). The van der Waals surface area contributed by atoms with Crippen LogP contribution in [0, 0.1) is 12.3 Å². The van der Waals surface area contributed by atoms with Crippen LogP contribution < -0.4 is 10.1 Å². The third-order valence-electron chi connectivity index (χ3n) is 4.18. The second kappa shape index (κ2) is 8.21. The van der Waals surface area contributed by atoms with Crippen molar-refractivity contribution in [2.45, 2.75) is 19.4 Å². The normalized spacial score (nSPS) is 10.5. The van der Waals surface area contributed by atoms with Gasteiger partial charge in [-0.15, -0.1) is 6.42 Å². The Morgan fingerprint density at radius 1 is 1.23 bits per heavy atom. The average molecular weight is 347 g/mol. The lowest BCUT2D eigenvalue weighted by molar-refractivity contribution is -0.120. The van der Waals surface area contributed by atoms with Gasteiger partial charge in [0.05, 0.1) is 31.1 Å². The highest BCUT2D eigenvalue weighted by atomic mass is 16.5. The topological polar surface area (TPSA) is 56.2 Å². The highest BCUT2D eigenvalue weighted by molar-refractivity contribution is 5.78. The van der Waals surface area contributed by atoms with Crippen LogP contribution in [-0.2, 0) is 24.2 Å². The van der Waals surface area contributed by atoms with Crippen LogP contribution in [0.5, 0.6) is 5.75 Å². The molecule has 3 aromatic rings. The van der Waals surface area contributed by atoms with Crippen molar-refractivity contribution in [3.8, 4) is 18.1 Å². The summed E-state index contributed by atoms with van der Waals surface area (Å²) in [5.41, 5.74) is 2.88. The first-order valence-electron chi connectivity index (χ1n) is 8.48. The molecule has 0 aliphatic heterocycles. The van der Waals surface area contributed by atoms with Crippen molar-refractivity contribution in [3.63, 3.8) is 0 Å². The van der Waals surface area contributed by atoms with Gasteiger partial charge >= 0.3 is 0 Å². The van der Waals surface area contributed by atoms with Gasteiger partial charge in [0.15, 0.2) is 0 Å². The van der Waals surface area contributed by atoms with Gasteiger partial charge in [-0.2, -0.15) is 0 Å². The molecular weight excluding hydrogens is 326 g/mol. The molecule has 0 aliphatic rings. The van der Waals surface area contributed by atoms with E-state index >= 15 is 0 Å². The van der Waals surface area contributed by atoms with Gasteiger partial charge in [-0.25, -0.2) is 4.98 Å². The number of hydrogen-bond donors (Lipinski definition) is 1. The van der Waals surface area contributed by atoms with E-state index in [1.807, 2.05) is 53.1 Å². The number of imidazole rings is 1. The summed E-state index contributed by atoms with van der Waals surface area (Å²) in [6, 6.07) is 15.4. The van der Waals surface area contributed by atoms with E-state index in [-0.39, 0.29) is 5.91 Å². The van der Waals surface area contributed by atoms with E-state index in [2.05, 4.69) is 16.2 Å². The first kappa shape index (κ1) is 17.6. The first-order chi connectivity index (χ1) is 12.7. The molecule has 5 heteroatoms. The Labute approximate surface area is 153 Å². The second-order valence-corrected chi connectivity index (χ2v) is 5.93. The van der Waals surface area contributed by atoms with Crippen LogP contribution >= 0.6 is 0 Å². The van der Waals surface area contributed by atoms with Crippen molar-refractivity contribution in [2.24, 2.45) is 0 Å². The number of hydrogen-bond acceptors (Lipinski definition) is 3. The maximum Gasteiger partial charge on any atom is 0.224 e. The molecule has 1 aromatic heterocycles. The van der Waals surface area contributed by atoms with Gasteiger partial charge in [-0.1, -0.05) is 30.2 Å². The number of fused-ring (bicyclic) bond motifs is 1. The SMILES string of the molecule is C#CCn1c(CCNC(=O)Cc2ccc(OC)cc2)nc2ccccc21. The van der Waals surface area contributed by atoms with Crippen molar-refractivity contribution in [1.82, 2.24) is 14.9 Å². The lowest BCUT2D eigenvalue weighted by atomic mass is 10.1. The summed E-state index contributed by atoms with van der Waals surface area (Å²) in [7, 11) is 1.62. The van der Waals surface area contributed by atoms with Crippen molar-refractivity contribution >= 4 is 16.9 Å². The largest absolute Gasteiger partial charge is 0.497 e. The molecule has 0 radical (unpaired) electrons. The number of nitrogens with one attached hydrogen (secondary N) is 1. The maximum atomic E-state index is 12.1. The molecular formula is C21H21N3O2. The Morgan fingerprint density at radius 2 is 2.00 bits per heavy atom. The number of nitrogens with zero attached hydrogens (tertiary/aromatic N) is 2. The van der Waals surface area contributed by atoms with Crippen LogP contribution in [0.4, 0.5) is 0 Å². The average Bonchev–Trinajstić information content (AvgIpc) is 3.00. The van der Waals surface area contributed by atoms with E-state index in [9.17, 15) is 4.79 Å². The summed E-state index contributed by atoms with van der Waals surface area (Å²) >= 11 is 0. The van der Waals surface area contributed by atoms with Crippen molar-refractivity contribution in [3.05, 3.63) is 59.9 Å². The molecule has 1 heterocycles. The Hall–Kier alpha value is -3.26. The third-order valence-corrected chi connectivity index (χ3v) is 4.18. The van der Waals surface area contributed by atoms with E-state index in [1.165, 1.54) is 0 Å². The van der Waals surface area contributed by atoms with Crippen molar-refractivity contribution in [2.75, 3.05) is 13.7 Å². The first-order valence-corrected chi connectivity index (χ1v) is 8.48. The third kappa shape index (κ3) is 4.04. The molecule has 0 fully saturated rings. The number of aromatic nitrogens is 2. The molecule has 5 nitrogen and oxygen atoms in total. The Balaban J connectivity index is 1.59. The number of rotatable bonds is 7. The van der Waals surface area contributed by atoms with Gasteiger partial charge in [0.25, 0.3) is 0 Å². The van der Waals surface area contributed by atoms with Crippen LogP contribution in [0.3, 0.4) is 0 Å². The van der Waals surface area contributed by atoms with Gasteiger partial charge in [0.1, 0.15) is 11.6 Å². The minimum absolute atomic E-state index is 0.0187. The number of para-hydroxylation sites is 2. The summed E-state index contributed by atoms with van der Waals surface area (Å²) in [4.78, 5) is 16.8. The van der Waals surface area contributed by atoms with Crippen LogP contribution in [0.25, 0.3) is 11.0 Å². The number of carbonyl (C=O) groups is 1. The Morgan fingerprint density at radius 3 is 2.73 bits per heavy atom. The molecule has 0 atom stereocenters. The quantitative estimate of drug-likeness (QED) is 0.669. The van der Waals surface area contributed by atoms with Crippen molar-refractivity contribution < 1.29 is 9.53 Å². The van der Waals surface area contributed by atoms with E-state index in [4.69, 9.17) is 11.2 Å². The number of carbonyl (C=O) groups excluding carboxylic acids is 1. The molecule has 0 saturated carbocycles. The number of methoxy groups -OCH3 is 1. The molecule has 0 aliphatic carbocycles. The molecule has 0 saturated heterocycles. The predicted molar refractivity (Wildman–Crippen MR) is 102 cm³/mol. The minimum atomic E-state index is -0.0187. The fourth-order valence-electron chi connectivity index (χ4n) is 2.89. The van der Waals surface area contributed by atoms with E-state index in [1.54, 1.807) is 7.11 Å². The van der Waals surface area contributed by atoms with Crippen LogP contribution in [-0.4, -0.2) is 29.1 Å². The van der Waals surface area contributed by atoms with Crippen molar-refractivity contribution in [1.29, 1.82) is 0 Å². The number of benzene rings is 2. The van der Waals surface area contributed by atoms with Crippen LogP contribution in [0.15, 0.2) is 48.5 Å². The number of ether oxygens (including phenoxy) is 1. The summed E-state index contributed by atoms with van der Waals surface area (Å²) in [5.74, 6) is 4.31. The molecule has 132 valence electrons. The highest BCUT2D eigenvalue weighted by Crippen LogP contribution is 2.16. The second-order valence-electron chi connectivity index (χ2n) is 5.93. The molecule has 0 bridgehead atoms. The summed E-state index contributed by atoms with van der Waals surface area (Å²) in [5, 5.41) is 2.95. The number of terminal acetylenes is 1. The van der Waals surface area contributed by atoms with Gasteiger partial charge in [-0.3, -0.25) is 4.79 Å². The van der Waals surface area contributed by atoms with Gasteiger partial charge in [-0.05, 0) is 29.8 Å². The molecule has 1 amide bonds. The van der Waals surface area contributed by atoms with Gasteiger partial charge in [0, 0.05) is 13.0 Å². The fourth-order valence-corrected chi connectivity index (χ4v) is 2.89. The van der Waals surface area contributed by atoms with Crippen LogP contribution in [0.1, 0.15) is 11.4 Å². The predicted octanol–water partition coefficient (Wildman–Crippen LogP) is 2.58. The summed E-state index contributed by atoms with van der Waals surface area (Å²) < 4.78 is 7.14. The van der Waals surface area contributed by atoms with E-state index < -0.39 is 0 Å². The minimum Gasteiger partial charge on any atom is -0.497 e. The van der Waals surface area contributed by atoms with Gasteiger partial charge < -0.3 is 14.6 Å². The fraction of sp³-hybridized carbons (Fsp3) is 0.238. The summed E-state index contributed by atoms with van der Waals surface area (Å²) in [6.07, 6.45) is 6.45. The zero-order valence-corrected chi connectivity index (χ0v) is 14.7. The molecule has 26 heavy (non-hydrogen) atoms. The van der Waals surface area contributed by atoms with E-state index in [0.717, 1.165) is 28.2 Å². The maximum absolute atomic E-state index is 12.1. The van der Waals surface area contributed by atoms with Gasteiger partial charge in [0.2, 0.25) is 5.91 Å². The highest BCUT2D eigenvalue weighted by Gasteiger charge is 2.10. The Kier molecular flexibility index (Phi) is 5.55.